The van der Waals surface area contributed by atoms with Gasteiger partial charge in [0.1, 0.15) is 22.5 Å². The van der Waals surface area contributed by atoms with Crippen LogP contribution in [0.25, 0.3) is 21.2 Å². The molecular weight excluding hydrogens is 372 g/mol. The van der Waals surface area contributed by atoms with Crippen molar-refractivity contribution >= 4 is 32.5 Å². The molecule has 5 nitrogen and oxygen atoms in total. The molecule has 6 rings (SSSR count). The zero-order valence-corrected chi connectivity index (χ0v) is 16.1. The highest BCUT2D eigenvalue weighted by Gasteiger charge is 2.22. The van der Waals surface area contributed by atoms with Crippen molar-refractivity contribution in [2.45, 2.75) is 44.9 Å². The van der Waals surface area contributed by atoms with Gasteiger partial charge in [-0.1, -0.05) is 0 Å². The Kier molecular flexibility index (Phi) is 3.56. The second-order valence-electron chi connectivity index (χ2n) is 7.53. The number of benzene rings is 1. The molecule has 0 atom stereocenters. The molecule has 0 amide bonds. The first-order chi connectivity index (χ1) is 13.8. The predicted molar refractivity (Wildman–Crippen MR) is 109 cm³/mol. The zero-order valence-electron chi connectivity index (χ0n) is 15.3. The van der Waals surface area contributed by atoms with Crippen LogP contribution >= 0.6 is 11.3 Å². The van der Waals surface area contributed by atoms with Crippen molar-refractivity contribution < 1.29 is 9.15 Å². The second-order valence-corrected chi connectivity index (χ2v) is 8.61. The van der Waals surface area contributed by atoms with Gasteiger partial charge in [0.2, 0.25) is 5.88 Å². The van der Waals surface area contributed by atoms with Gasteiger partial charge in [0.05, 0.1) is 5.39 Å². The van der Waals surface area contributed by atoms with Crippen LogP contribution in [0.15, 0.2) is 33.7 Å². The van der Waals surface area contributed by atoms with E-state index in [1.807, 2.05) is 18.2 Å². The molecule has 140 valence electrons. The van der Waals surface area contributed by atoms with E-state index in [1.165, 1.54) is 23.3 Å². The Labute approximate surface area is 165 Å². The summed E-state index contributed by atoms with van der Waals surface area (Å²) in [5.41, 5.74) is 3.68. The molecule has 2 aliphatic rings. The van der Waals surface area contributed by atoms with Gasteiger partial charge >= 0.3 is 5.63 Å². The molecule has 1 aromatic carbocycles. The smallest absolute Gasteiger partial charge is 0.339 e. The minimum Gasteiger partial charge on any atom is -0.438 e. The molecule has 0 radical (unpaired) electrons. The molecule has 0 fully saturated rings. The fourth-order valence-corrected chi connectivity index (χ4v) is 5.80. The van der Waals surface area contributed by atoms with E-state index in [4.69, 9.17) is 9.15 Å². The quantitative estimate of drug-likeness (QED) is 0.453. The van der Waals surface area contributed by atoms with E-state index in [-0.39, 0.29) is 5.63 Å². The highest BCUT2D eigenvalue weighted by atomic mass is 32.1. The number of fused-ring (bicyclic) bond motifs is 6. The van der Waals surface area contributed by atoms with Gasteiger partial charge < -0.3 is 9.15 Å². The molecule has 28 heavy (non-hydrogen) atoms. The third-order valence-corrected chi connectivity index (χ3v) is 7.08. The lowest BCUT2D eigenvalue weighted by Gasteiger charge is -2.12. The van der Waals surface area contributed by atoms with Gasteiger partial charge in [-0.15, -0.1) is 11.3 Å². The maximum Gasteiger partial charge on any atom is 0.339 e. The zero-order chi connectivity index (χ0) is 18.7. The van der Waals surface area contributed by atoms with E-state index >= 15 is 0 Å². The molecule has 0 saturated heterocycles. The van der Waals surface area contributed by atoms with Crippen LogP contribution in [-0.4, -0.2) is 9.97 Å². The number of hydrogen-bond acceptors (Lipinski definition) is 6. The summed E-state index contributed by atoms with van der Waals surface area (Å²) in [5, 5.41) is 2.05. The van der Waals surface area contributed by atoms with Crippen LogP contribution in [0, 0.1) is 0 Å². The number of hydrogen-bond donors (Lipinski definition) is 0. The lowest BCUT2D eigenvalue weighted by Crippen LogP contribution is -2.06. The predicted octanol–water partition coefficient (Wildman–Crippen LogP) is 4.96. The van der Waals surface area contributed by atoms with E-state index in [0.717, 1.165) is 58.8 Å². The van der Waals surface area contributed by atoms with Gasteiger partial charge in [-0.05, 0) is 68.2 Å². The molecule has 4 aromatic rings. The Balaban J connectivity index is 1.46. The second kappa shape index (κ2) is 6.14. The average Bonchev–Trinajstić information content (AvgIpc) is 3.33. The van der Waals surface area contributed by atoms with Crippen molar-refractivity contribution in [3.05, 3.63) is 56.5 Å². The third kappa shape index (κ3) is 2.41. The summed E-state index contributed by atoms with van der Waals surface area (Å²) >= 11 is 1.75. The molecule has 2 aliphatic carbocycles. The number of thiophene rings is 1. The minimum absolute atomic E-state index is 0.214. The number of aromatic nitrogens is 2. The Bertz CT molecular complexity index is 1300. The SMILES string of the molecule is O=c1oc2cc(Oc3ncnc4sc5c(c34)CCCC5)ccc2c2c1CCC2. The van der Waals surface area contributed by atoms with Gasteiger partial charge in [-0.2, -0.15) is 0 Å². The van der Waals surface area contributed by atoms with Crippen LogP contribution in [0.1, 0.15) is 40.8 Å². The maximum absolute atomic E-state index is 12.3. The Hall–Kier alpha value is -2.73. The average molecular weight is 390 g/mol. The van der Waals surface area contributed by atoms with Gasteiger partial charge in [-0.3, -0.25) is 0 Å². The fraction of sp³-hybridized carbons (Fsp3) is 0.318. The number of rotatable bonds is 2. The molecule has 3 aromatic heterocycles. The van der Waals surface area contributed by atoms with Crippen molar-refractivity contribution in [1.82, 2.24) is 9.97 Å². The van der Waals surface area contributed by atoms with Crippen molar-refractivity contribution in [3.8, 4) is 11.6 Å². The van der Waals surface area contributed by atoms with Crippen LogP contribution in [0.2, 0.25) is 0 Å². The van der Waals surface area contributed by atoms with Gasteiger partial charge in [-0.25, -0.2) is 14.8 Å². The third-order valence-electron chi connectivity index (χ3n) is 5.88. The Morgan fingerprint density at radius 2 is 1.82 bits per heavy atom. The van der Waals surface area contributed by atoms with Gasteiger partial charge in [0, 0.05) is 21.9 Å². The van der Waals surface area contributed by atoms with Gasteiger partial charge in [0.25, 0.3) is 0 Å². The first-order valence-electron chi connectivity index (χ1n) is 9.79. The van der Waals surface area contributed by atoms with E-state index in [0.29, 0.717) is 17.2 Å². The highest BCUT2D eigenvalue weighted by molar-refractivity contribution is 7.18. The van der Waals surface area contributed by atoms with Crippen LogP contribution in [-0.2, 0) is 25.7 Å². The number of aryl methyl sites for hydroxylation is 3. The van der Waals surface area contributed by atoms with Gasteiger partial charge in [0.15, 0.2) is 0 Å². The van der Waals surface area contributed by atoms with Crippen molar-refractivity contribution in [2.24, 2.45) is 0 Å². The lowest BCUT2D eigenvalue weighted by atomic mass is 9.97. The van der Waals surface area contributed by atoms with Crippen molar-refractivity contribution in [3.63, 3.8) is 0 Å². The topological polar surface area (TPSA) is 65.2 Å². The number of ether oxygens (including phenoxy) is 1. The Morgan fingerprint density at radius 1 is 0.964 bits per heavy atom. The van der Waals surface area contributed by atoms with Crippen LogP contribution < -0.4 is 10.4 Å². The lowest BCUT2D eigenvalue weighted by molar-refractivity contribution is 0.466. The summed E-state index contributed by atoms with van der Waals surface area (Å²) in [4.78, 5) is 23.5. The summed E-state index contributed by atoms with van der Waals surface area (Å²) in [6.07, 6.45) is 8.92. The van der Waals surface area contributed by atoms with Crippen molar-refractivity contribution in [2.75, 3.05) is 0 Å². The standard InChI is InChI=1S/C22H18N2O3S/c25-22-15-6-3-5-13(15)14-9-8-12(10-17(14)27-22)26-20-19-16-4-1-2-7-18(16)28-21(19)24-11-23-20/h8-11H,1-7H2. The van der Waals surface area contributed by atoms with E-state index < -0.39 is 0 Å². The highest BCUT2D eigenvalue weighted by Crippen LogP contribution is 2.40. The largest absolute Gasteiger partial charge is 0.438 e. The summed E-state index contributed by atoms with van der Waals surface area (Å²) in [7, 11) is 0. The minimum atomic E-state index is -0.214. The summed E-state index contributed by atoms with van der Waals surface area (Å²) in [6, 6.07) is 5.75. The molecule has 0 saturated carbocycles. The fourth-order valence-electron chi connectivity index (χ4n) is 4.58. The van der Waals surface area contributed by atoms with Crippen LogP contribution in [0.4, 0.5) is 0 Å². The molecule has 0 unspecified atom stereocenters. The first kappa shape index (κ1) is 16.2. The molecule has 0 spiro atoms. The normalized spacial score (nSPS) is 15.7. The molecule has 3 heterocycles. The van der Waals surface area contributed by atoms with Crippen LogP contribution in [0.5, 0.6) is 11.6 Å². The summed E-state index contributed by atoms with van der Waals surface area (Å²) in [6.45, 7) is 0. The Morgan fingerprint density at radius 3 is 2.79 bits per heavy atom. The van der Waals surface area contributed by atoms with Crippen molar-refractivity contribution in [1.29, 1.82) is 0 Å². The van der Waals surface area contributed by atoms with E-state index in [2.05, 4.69) is 9.97 Å². The van der Waals surface area contributed by atoms with E-state index in [1.54, 1.807) is 17.7 Å². The summed E-state index contributed by atoms with van der Waals surface area (Å²) in [5.74, 6) is 1.22. The number of nitrogens with zero attached hydrogens (tertiary/aromatic N) is 2. The summed E-state index contributed by atoms with van der Waals surface area (Å²) < 4.78 is 11.8. The first-order valence-corrected chi connectivity index (χ1v) is 10.6. The van der Waals surface area contributed by atoms with E-state index in [9.17, 15) is 4.79 Å². The molecule has 0 bridgehead atoms. The molecule has 0 aliphatic heterocycles. The maximum atomic E-state index is 12.3. The van der Waals surface area contributed by atoms with Crippen LogP contribution in [0.3, 0.4) is 0 Å². The molecular formula is C22H18N2O3S. The monoisotopic (exact) mass is 390 g/mol. The molecule has 0 N–H and O–H groups in total. The molecule has 6 heteroatoms.